The molecule has 3 rings (SSSR count). The number of hydrogen-bond acceptors (Lipinski definition) is 3. The third kappa shape index (κ3) is 2.93. The van der Waals surface area contributed by atoms with E-state index in [-0.39, 0.29) is 11.3 Å². The van der Waals surface area contributed by atoms with Crippen LogP contribution >= 0.6 is 0 Å². The minimum absolute atomic E-state index is 0.293. The van der Waals surface area contributed by atoms with E-state index < -0.39 is 6.36 Å². The number of aromatic amines is 1. The molecule has 22 heavy (non-hydrogen) atoms. The zero-order chi connectivity index (χ0) is 15.7. The lowest BCUT2D eigenvalue weighted by Crippen LogP contribution is -2.16. The van der Waals surface area contributed by atoms with Gasteiger partial charge in [0.05, 0.1) is 11.6 Å². The van der Waals surface area contributed by atoms with Gasteiger partial charge in [-0.3, -0.25) is 4.79 Å². The maximum absolute atomic E-state index is 12.1. The maximum Gasteiger partial charge on any atom is 0.573 e. The summed E-state index contributed by atoms with van der Waals surface area (Å²) in [5, 5.41) is 7.18. The Morgan fingerprint density at radius 2 is 1.68 bits per heavy atom. The molecule has 0 aliphatic heterocycles. The fourth-order valence-electron chi connectivity index (χ4n) is 2.11. The topological polar surface area (TPSA) is 55.0 Å². The third-order valence-electron chi connectivity index (χ3n) is 3.09. The van der Waals surface area contributed by atoms with Crippen molar-refractivity contribution in [3.05, 3.63) is 59.0 Å². The normalized spacial score (nSPS) is 11.6. The van der Waals surface area contributed by atoms with E-state index >= 15 is 0 Å². The van der Waals surface area contributed by atoms with Gasteiger partial charge in [-0.2, -0.15) is 5.10 Å². The molecular weight excluding hydrogens is 297 g/mol. The van der Waals surface area contributed by atoms with E-state index in [0.717, 1.165) is 0 Å². The maximum atomic E-state index is 12.1. The number of fused-ring (bicyclic) bond motifs is 1. The molecule has 0 unspecified atom stereocenters. The van der Waals surface area contributed by atoms with Crippen molar-refractivity contribution in [3.8, 4) is 16.9 Å². The summed E-state index contributed by atoms with van der Waals surface area (Å²) in [5.74, 6) is -0.293. The second-order valence-corrected chi connectivity index (χ2v) is 4.57. The molecular formula is C15H9F3N2O2. The monoisotopic (exact) mass is 306 g/mol. The van der Waals surface area contributed by atoms with Crippen molar-refractivity contribution in [1.82, 2.24) is 10.2 Å². The van der Waals surface area contributed by atoms with Crippen molar-refractivity contribution in [3.63, 3.8) is 0 Å². The molecule has 0 radical (unpaired) electrons. The zero-order valence-corrected chi connectivity index (χ0v) is 11.0. The van der Waals surface area contributed by atoms with Gasteiger partial charge in [-0.1, -0.05) is 24.3 Å². The van der Waals surface area contributed by atoms with E-state index in [1.807, 2.05) is 0 Å². The molecule has 0 amide bonds. The average Bonchev–Trinajstić information content (AvgIpc) is 2.47. The van der Waals surface area contributed by atoms with Crippen LogP contribution in [0.1, 0.15) is 0 Å². The highest BCUT2D eigenvalue weighted by molar-refractivity contribution is 5.85. The van der Waals surface area contributed by atoms with Gasteiger partial charge in [-0.25, -0.2) is 5.10 Å². The molecule has 0 bridgehead atoms. The number of benzene rings is 2. The lowest BCUT2D eigenvalue weighted by molar-refractivity contribution is -0.274. The number of alkyl halides is 3. The molecule has 1 aromatic heterocycles. The van der Waals surface area contributed by atoms with Crippen LogP contribution in [0.5, 0.6) is 5.75 Å². The summed E-state index contributed by atoms with van der Waals surface area (Å²) in [6, 6.07) is 10.6. The Bertz CT molecular complexity index is 870. The van der Waals surface area contributed by atoms with Crippen molar-refractivity contribution in [2.75, 3.05) is 0 Å². The van der Waals surface area contributed by atoms with E-state index in [4.69, 9.17) is 0 Å². The number of aromatic nitrogens is 2. The van der Waals surface area contributed by atoms with Crippen molar-refractivity contribution in [2.24, 2.45) is 0 Å². The van der Waals surface area contributed by atoms with Gasteiger partial charge in [0.1, 0.15) is 5.75 Å². The van der Waals surface area contributed by atoms with Gasteiger partial charge < -0.3 is 4.74 Å². The Kier molecular flexibility index (Phi) is 3.32. The summed E-state index contributed by atoms with van der Waals surface area (Å²) in [6.07, 6.45) is -3.19. The van der Waals surface area contributed by atoms with Crippen LogP contribution in [0.2, 0.25) is 0 Å². The Hall–Kier alpha value is -2.83. The van der Waals surface area contributed by atoms with Crippen LogP contribution < -0.4 is 10.3 Å². The number of halogens is 3. The molecule has 0 saturated carbocycles. The van der Waals surface area contributed by atoms with Crippen molar-refractivity contribution in [2.45, 2.75) is 6.36 Å². The molecule has 4 nitrogen and oxygen atoms in total. The van der Waals surface area contributed by atoms with Gasteiger partial charge in [0, 0.05) is 5.39 Å². The second kappa shape index (κ2) is 5.18. The van der Waals surface area contributed by atoms with E-state index in [1.165, 1.54) is 30.5 Å². The quantitative estimate of drug-likeness (QED) is 0.788. The van der Waals surface area contributed by atoms with E-state index in [1.54, 1.807) is 18.2 Å². The number of nitrogens with zero attached hydrogens (tertiary/aromatic N) is 1. The molecule has 0 aliphatic carbocycles. The summed E-state index contributed by atoms with van der Waals surface area (Å²) in [4.78, 5) is 11.7. The number of hydrogen-bond donors (Lipinski definition) is 1. The van der Waals surface area contributed by atoms with Gasteiger partial charge in [0.15, 0.2) is 0 Å². The summed E-state index contributed by atoms with van der Waals surface area (Å²) in [6.45, 7) is 0. The third-order valence-corrected chi connectivity index (χ3v) is 3.09. The van der Waals surface area contributed by atoms with Crippen LogP contribution in [0.3, 0.4) is 0 Å². The summed E-state index contributed by atoms with van der Waals surface area (Å²) >= 11 is 0. The van der Waals surface area contributed by atoms with Gasteiger partial charge in [0.2, 0.25) is 0 Å². The highest BCUT2D eigenvalue weighted by Gasteiger charge is 2.30. The molecule has 1 N–H and O–H groups in total. The second-order valence-electron chi connectivity index (χ2n) is 4.57. The molecule has 0 spiro atoms. The summed E-state index contributed by atoms with van der Waals surface area (Å²) in [7, 11) is 0. The first-order chi connectivity index (χ1) is 10.4. The molecule has 2 aromatic carbocycles. The highest BCUT2D eigenvalue weighted by atomic mass is 19.4. The number of rotatable bonds is 2. The number of nitrogens with one attached hydrogen (secondary N) is 1. The highest BCUT2D eigenvalue weighted by Crippen LogP contribution is 2.27. The van der Waals surface area contributed by atoms with Crippen LogP contribution in [-0.4, -0.2) is 16.6 Å². The van der Waals surface area contributed by atoms with Crippen LogP contribution in [0.4, 0.5) is 13.2 Å². The average molecular weight is 306 g/mol. The lowest BCUT2D eigenvalue weighted by atomic mass is 10.0. The smallest absolute Gasteiger partial charge is 0.406 e. The van der Waals surface area contributed by atoms with E-state index in [0.29, 0.717) is 21.9 Å². The van der Waals surface area contributed by atoms with Crippen LogP contribution in [0.25, 0.3) is 21.9 Å². The predicted molar refractivity (Wildman–Crippen MR) is 74.5 cm³/mol. The van der Waals surface area contributed by atoms with Gasteiger partial charge in [-0.05, 0) is 29.3 Å². The fourth-order valence-corrected chi connectivity index (χ4v) is 2.11. The number of ether oxygens (including phenoxy) is 1. The summed E-state index contributed by atoms with van der Waals surface area (Å²) in [5.41, 5.74) is 1.06. The Labute approximate surface area is 122 Å². The lowest BCUT2D eigenvalue weighted by Gasteiger charge is -2.09. The Morgan fingerprint density at radius 3 is 2.36 bits per heavy atom. The van der Waals surface area contributed by atoms with Crippen LogP contribution in [0.15, 0.2) is 53.5 Å². The standard InChI is InChI=1S/C15H9F3N2O2/c16-15(17,18)22-12-5-3-9(4-6-12)10-1-2-11-8-19-20-14(21)13(11)7-10/h1-8H,(H,20,21). The Morgan fingerprint density at radius 1 is 1.00 bits per heavy atom. The van der Waals surface area contributed by atoms with Crippen molar-refractivity contribution < 1.29 is 17.9 Å². The molecule has 0 saturated heterocycles. The van der Waals surface area contributed by atoms with Crippen LogP contribution in [-0.2, 0) is 0 Å². The number of H-pyrrole nitrogens is 1. The molecule has 7 heteroatoms. The molecule has 0 fully saturated rings. The summed E-state index contributed by atoms with van der Waals surface area (Å²) < 4.78 is 40.2. The zero-order valence-electron chi connectivity index (χ0n) is 11.0. The van der Waals surface area contributed by atoms with Gasteiger partial charge in [0.25, 0.3) is 5.56 Å². The molecule has 112 valence electrons. The SMILES string of the molecule is O=c1[nH]ncc2ccc(-c3ccc(OC(F)(F)F)cc3)cc12. The van der Waals surface area contributed by atoms with E-state index in [9.17, 15) is 18.0 Å². The molecule has 0 atom stereocenters. The first-order valence-electron chi connectivity index (χ1n) is 6.26. The molecule has 3 aromatic rings. The predicted octanol–water partition coefficient (Wildman–Crippen LogP) is 3.49. The van der Waals surface area contributed by atoms with E-state index in [2.05, 4.69) is 14.9 Å². The molecule has 1 heterocycles. The van der Waals surface area contributed by atoms with Gasteiger partial charge in [-0.15, -0.1) is 13.2 Å². The fraction of sp³-hybridized carbons (Fsp3) is 0.0667. The van der Waals surface area contributed by atoms with Crippen LogP contribution in [0, 0.1) is 0 Å². The largest absolute Gasteiger partial charge is 0.573 e. The minimum Gasteiger partial charge on any atom is -0.406 e. The molecule has 0 aliphatic rings. The van der Waals surface area contributed by atoms with Crippen molar-refractivity contribution in [1.29, 1.82) is 0 Å². The van der Waals surface area contributed by atoms with Gasteiger partial charge >= 0.3 is 6.36 Å². The van der Waals surface area contributed by atoms with Crippen molar-refractivity contribution >= 4 is 10.8 Å². The first-order valence-corrected chi connectivity index (χ1v) is 6.26. The Balaban J connectivity index is 1.97. The first kappa shape index (κ1) is 14.1. The minimum atomic E-state index is -4.72.